The Kier molecular flexibility index (Phi) is 4.26. The summed E-state index contributed by atoms with van der Waals surface area (Å²) < 4.78 is 4.47. The number of carbonyl (C=O) groups is 2. The molecule has 1 aromatic heterocycles. The van der Waals surface area contributed by atoms with Crippen molar-refractivity contribution in [3.05, 3.63) is 23.9 Å². The Bertz CT molecular complexity index is 393. The normalized spacial score (nSPS) is 9.56. The number of ether oxygens (including phenoxy) is 1. The Hall–Kier alpha value is -2.11. The van der Waals surface area contributed by atoms with Crippen molar-refractivity contribution in [2.75, 3.05) is 19.0 Å². The number of hydrogen-bond donors (Lipinski definition) is 2. The Morgan fingerprint density at radius 3 is 2.94 bits per heavy atom. The highest BCUT2D eigenvalue weighted by Gasteiger charge is 2.08. The third-order valence-electron chi connectivity index (χ3n) is 1.92. The van der Waals surface area contributed by atoms with Crippen molar-refractivity contribution in [1.82, 2.24) is 4.98 Å². The highest BCUT2D eigenvalue weighted by molar-refractivity contribution is 5.97. The van der Waals surface area contributed by atoms with Crippen LogP contribution in [-0.2, 0) is 9.53 Å². The topological polar surface area (TPSA) is 94.3 Å². The van der Waals surface area contributed by atoms with E-state index in [1.54, 1.807) is 12.1 Å². The lowest BCUT2D eigenvalue weighted by molar-refractivity contribution is -0.140. The molecule has 16 heavy (non-hydrogen) atoms. The summed E-state index contributed by atoms with van der Waals surface area (Å²) in [7, 11) is 1.32. The van der Waals surface area contributed by atoms with Gasteiger partial charge in [0, 0.05) is 12.7 Å². The van der Waals surface area contributed by atoms with Crippen molar-refractivity contribution in [3.8, 4) is 0 Å². The minimum absolute atomic E-state index is 0.200. The number of nitrogens with one attached hydrogen (secondary N) is 1. The molecule has 0 fully saturated rings. The van der Waals surface area contributed by atoms with E-state index in [-0.39, 0.29) is 12.4 Å². The van der Waals surface area contributed by atoms with Gasteiger partial charge in [-0.15, -0.1) is 0 Å². The maximum atomic E-state index is 11.0. The smallest absolute Gasteiger partial charge is 0.307 e. The molecule has 0 unspecified atom stereocenters. The van der Waals surface area contributed by atoms with Crippen LogP contribution in [0, 0.1) is 0 Å². The van der Waals surface area contributed by atoms with E-state index >= 15 is 0 Å². The second kappa shape index (κ2) is 5.69. The van der Waals surface area contributed by atoms with Crippen molar-refractivity contribution in [2.45, 2.75) is 6.42 Å². The number of hydrogen-bond acceptors (Lipinski definition) is 5. The van der Waals surface area contributed by atoms with E-state index in [2.05, 4.69) is 15.0 Å². The van der Waals surface area contributed by atoms with E-state index in [1.807, 2.05) is 0 Å². The molecule has 0 aliphatic rings. The number of anilines is 1. The van der Waals surface area contributed by atoms with Crippen LogP contribution in [0.4, 0.5) is 5.82 Å². The molecule has 0 saturated carbocycles. The number of rotatable bonds is 5. The fourth-order valence-corrected chi connectivity index (χ4v) is 1.13. The van der Waals surface area contributed by atoms with E-state index in [0.717, 1.165) is 0 Å². The molecule has 0 spiro atoms. The molecule has 86 valence electrons. The Morgan fingerprint density at radius 2 is 2.31 bits per heavy atom. The second-order valence-electron chi connectivity index (χ2n) is 3.02. The Balaban J connectivity index is 2.60. The average Bonchev–Trinajstić information content (AvgIpc) is 2.29. The summed E-state index contributed by atoms with van der Waals surface area (Å²) in [6.45, 7) is 0.337. The molecule has 6 nitrogen and oxygen atoms in total. The highest BCUT2D eigenvalue weighted by atomic mass is 16.5. The summed E-state index contributed by atoms with van der Waals surface area (Å²) >= 11 is 0. The first-order chi connectivity index (χ1) is 7.65. The van der Waals surface area contributed by atoms with Gasteiger partial charge in [-0.25, -0.2) is 4.98 Å². The van der Waals surface area contributed by atoms with Crippen LogP contribution in [-0.4, -0.2) is 30.5 Å². The largest absolute Gasteiger partial charge is 0.469 e. The third-order valence-corrected chi connectivity index (χ3v) is 1.92. The zero-order valence-corrected chi connectivity index (χ0v) is 8.90. The molecule has 0 aliphatic heterocycles. The second-order valence-corrected chi connectivity index (χ2v) is 3.02. The first kappa shape index (κ1) is 12.0. The van der Waals surface area contributed by atoms with E-state index in [4.69, 9.17) is 5.73 Å². The lowest BCUT2D eigenvalue weighted by atomic mass is 10.2. The monoisotopic (exact) mass is 223 g/mol. The predicted octanol–water partition coefficient (Wildman–Crippen LogP) is 0.155. The summed E-state index contributed by atoms with van der Waals surface area (Å²) in [6, 6.07) is 3.18. The molecule has 1 amide bonds. The third kappa shape index (κ3) is 3.23. The van der Waals surface area contributed by atoms with Gasteiger partial charge >= 0.3 is 5.97 Å². The number of pyridine rings is 1. The van der Waals surface area contributed by atoms with Gasteiger partial charge in [-0.1, -0.05) is 0 Å². The number of esters is 1. The fourth-order valence-electron chi connectivity index (χ4n) is 1.13. The number of amides is 1. The minimum atomic E-state index is -0.561. The van der Waals surface area contributed by atoms with Gasteiger partial charge in [0.2, 0.25) is 0 Å². The molecule has 1 aromatic rings. The molecule has 0 radical (unpaired) electrons. The molecule has 0 saturated heterocycles. The van der Waals surface area contributed by atoms with Gasteiger partial charge < -0.3 is 15.8 Å². The maximum absolute atomic E-state index is 11.0. The van der Waals surface area contributed by atoms with Crippen LogP contribution in [0.1, 0.15) is 16.8 Å². The van der Waals surface area contributed by atoms with Crippen LogP contribution in [0.25, 0.3) is 0 Å². The number of carbonyl (C=O) groups excluding carboxylic acids is 2. The van der Waals surface area contributed by atoms with Gasteiger partial charge in [0.1, 0.15) is 5.82 Å². The van der Waals surface area contributed by atoms with E-state index in [9.17, 15) is 9.59 Å². The van der Waals surface area contributed by atoms with Crippen LogP contribution in [0.5, 0.6) is 0 Å². The number of methoxy groups -OCH3 is 1. The van der Waals surface area contributed by atoms with E-state index < -0.39 is 5.91 Å². The van der Waals surface area contributed by atoms with Gasteiger partial charge in [0.15, 0.2) is 0 Å². The summed E-state index contributed by atoms with van der Waals surface area (Å²) in [5, 5.41) is 2.85. The number of primary amides is 1. The standard InChI is InChI=1S/C10H13N3O3/c1-16-8(14)4-6-13-10-7(9(11)15)3-2-5-12-10/h2-3,5H,4,6H2,1H3,(H2,11,15)(H,12,13). The van der Waals surface area contributed by atoms with Crippen LogP contribution < -0.4 is 11.1 Å². The summed E-state index contributed by atoms with van der Waals surface area (Å²) in [4.78, 5) is 25.8. The molecule has 0 bridgehead atoms. The highest BCUT2D eigenvalue weighted by Crippen LogP contribution is 2.10. The quantitative estimate of drug-likeness (QED) is 0.693. The number of nitrogens with zero attached hydrogens (tertiary/aromatic N) is 1. The van der Waals surface area contributed by atoms with E-state index in [0.29, 0.717) is 17.9 Å². The maximum Gasteiger partial charge on any atom is 0.307 e. The van der Waals surface area contributed by atoms with Crippen molar-refractivity contribution in [2.24, 2.45) is 5.73 Å². The zero-order chi connectivity index (χ0) is 12.0. The first-order valence-corrected chi connectivity index (χ1v) is 4.70. The van der Waals surface area contributed by atoms with Crippen LogP contribution in [0.15, 0.2) is 18.3 Å². The molecule has 1 rings (SSSR count). The summed E-state index contributed by atoms with van der Waals surface area (Å²) in [5.41, 5.74) is 5.46. The average molecular weight is 223 g/mol. The SMILES string of the molecule is COC(=O)CCNc1ncccc1C(N)=O. The first-order valence-electron chi connectivity index (χ1n) is 4.70. The molecule has 3 N–H and O–H groups in total. The molecular weight excluding hydrogens is 210 g/mol. The van der Waals surface area contributed by atoms with Crippen LogP contribution in [0.2, 0.25) is 0 Å². The van der Waals surface area contributed by atoms with Gasteiger partial charge in [-0.3, -0.25) is 9.59 Å². The fraction of sp³-hybridized carbons (Fsp3) is 0.300. The van der Waals surface area contributed by atoms with Crippen LogP contribution >= 0.6 is 0 Å². The van der Waals surface area contributed by atoms with Gasteiger partial charge in [0.25, 0.3) is 5.91 Å². The van der Waals surface area contributed by atoms with Gasteiger partial charge in [-0.2, -0.15) is 0 Å². The molecule has 6 heteroatoms. The molecular formula is C10H13N3O3. The van der Waals surface area contributed by atoms with Crippen molar-refractivity contribution < 1.29 is 14.3 Å². The number of nitrogens with two attached hydrogens (primary N) is 1. The lowest BCUT2D eigenvalue weighted by Crippen LogP contribution is -2.17. The van der Waals surface area contributed by atoms with Crippen molar-refractivity contribution in [3.63, 3.8) is 0 Å². The van der Waals surface area contributed by atoms with E-state index in [1.165, 1.54) is 13.3 Å². The van der Waals surface area contributed by atoms with Crippen molar-refractivity contribution >= 4 is 17.7 Å². The number of aromatic nitrogens is 1. The molecule has 1 heterocycles. The zero-order valence-electron chi connectivity index (χ0n) is 8.90. The molecule has 0 atom stereocenters. The lowest BCUT2D eigenvalue weighted by Gasteiger charge is -2.07. The molecule has 0 aliphatic carbocycles. The van der Waals surface area contributed by atoms with Gasteiger partial charge in [0.05, 0.1) is 19.1 Å². The van der Waals surface area contributed by atoms with Crippen LogP contribution in [0.3, 0.4) is 0 Å². The summed E-state index contributed by atoms with van der Waals surface area (Å²) in [5.74, 6) is -0.517. The Labute approximate surface area is 92.8 Å². The summed E-state index contributed by atoms with van der Waals surface area (Å²) in [6.07, 6.45) is 1.73. The predicted molar refractivity (Wildman–Crippen MR) is 57.9 cm³/mol. The minimum Gasteiger partial charge on any atom is -0.469 e. The van der Waals surface area contributed by atoms with Crippen molar-refractivity contribution in [1.29, 1.82) is 0 Å². The Morgan fingerprint density at radius 1 is 1.56 bits per heavy atom. The molecule has 0 aromatic carbocycles. The van der Waals surface area contributed by atoms with Gasteiger partial charge in [-0.05, 0) is 12.1 Å².